The Morgan fingerprint density at radius 2 is 1.76 bits per heavy atom. The van der Waals surface area contributed by atoms with Crippen molar-refractivity contribution in [3.63, 3.8) is 0 Å². The second-order valence-corrected chi connectivity index (χ2v) is 4.80. The van der Waals surface area contributed by atoms with Gasteiger partial charge < -0.3 is 0 Å². The van der Waals surface area contributed by atoms with Crippen molar-refractivity contribution in [3.05, 3.63) is 73.5 Å². The van der Waals surface area contributed by atoms with Crippen LogP contribution in [0.3, 0.4) is 0 Å². The van der Waals surface area contributed by atoms with Gasteiger partial charge in [-0.2, -0.15) is 0 Å². The quantitative estimate of drug-likeness (QED) is 0.701. The van der Waals surface area contributed by atoms with Gasteiger partial charge in [0.05, 0.1) is 5.39 Å². The molecule has 7 heteroatoms. The summed E-state index contributed by atoms with van der Waals surface area (Å²) in [6.45, 7) is 0. The van der Waals surface area contributed by atoms with Crippen LogP contribution in [0.25, 0.3) is 11.0 Å². The van der Waals surface area contributed by atoms with E-state index in [4.69, 9.17) is 11.6 Å². The number of hydrogen-bond acceptors (Lipinski definition) is 4. The summed E-state index contributed by atoms with van der Waals surface area (Å²) >= 11 is 5.77. The van der Waals surface area contributed by atoms with Crippen molar-refractivity contribution in [1.29, 1.82) is 0 Å². The summed E-state index contributed by atoms with van der Waals surface area (Å²) in [5.74, 6) is -0.285. The van der Waals surface area contributed by atoms with Gasteiger partial charge >= 0.3 is 5.69 Å². The molecule has 0 saturated heterocycles. The highest BCUT2D eigenvalue weighted by Gasteiger charge is 2.12. The number of nitrogens with zero attached hydrogens (tertiary/aromatic N) is 1. The maximum Gasteiger partial charge on any atom is 0.327 e. The van der Waals surface area contributed by atoms with E-state index in [1.165, 1.54) is 12.3 Å². The van der Waals surface area contributed by atoms with Crippen LogP contribution >= 0.6 is 11.6 Å². The van der Waals surface area contributed by atoms with Crippen molar-refractivity contribution < 1.29 is 4.79 Å². The summed E-state index contributed by atoms with van der Waals surface area (Å²) in [4.78, 5) is 43.6. The lowest BCUT2D eigenvalue weighted by Crippen LogP contribution is -2.22. The molecule has 6 nitrogen and oxygen atoms in total. The normalized spacial score (nSPS) is 10.7. The predicted octanol–water partition coefficient (Wildman–Crippen LogP) is 1.50. The Balaban J connectivity index is 2.13. The number of rotatable bonds is 2. The second-order valence-electron chi connectivity index (χ2n) is 4.36. The van der Waals surface area contributed by atoms with E-state index >= 15 is 0 Å². The maximum absolute atomic E-state index is 12.3. The highest BCUT2D eigenvalue weighted by Crippen LogP contribution is 2.14. The number of nitrogens with one attached hydrogen (secondary N) is 2. The number of fused-ring (bicyclic) bond motifs is 1. The summed E-state index contributed by atoms with van der Waals surface area (Å²) in [6.07, 6.45) is 1.31. The Morgan fingerprint density at radius 3 is 2.48 bits per heavy atom. The van der Waals surface area contributed by atoms with E-state index in [9.17, 15) is 14.4 Å². The van der Waals surface area contributed by atoms with Crippen molar-refractivity contribution in [1.82, 2.24) is 15.0 Å². The molecular weight excluding hydrogens is 294 g/mol. The molecule has 3 aromatic rings. The highest BCUT2D eigenvalue weighted by atomic mass is 35.5. The lowest BCUT2D eigenvalue weighted by atomic mass is 10.0. The minimum Gasteiger partial charge on any atom is -0.291 e. The number of aromatic nitrogens is 3. The molecule has 0 radical (unpaired) electrons. The number of halogens is 1. The number of pyridine rings is 1. The molecule has 0 spiro atoms. The molecule has 0 atom stereocenters. The van der Waals surface area contributed by atoms with Gasteiger partial charge in [0.1, 0.15) is 5.65 Å². The van der Waals surface area contributed by atoms with Gasteiger partial charge in [-0.15, -0.1) is 0 Å². The molecule has 104 valence electrons. The monoisotopic (exact) mass is 301 g/mol. The van der Waals surface area contributed by atoms with E-state index in [0.717, 1.165) is 0 Å². The van der Waals surface area contributed by atoms with Crippen molar-refractivity contribution in [3.8, 4) is 0 Å². The summed E-state index contributed by atoms with van der Waals surface area (Å²) in [5.41, 5.74) is -0.413. The number of benzene rings is 1. The predicted molar refractivity (Wildman–Crippen MR) is 77.9 cm³/mol. The zero-order chi connectivity index (χ0) is 15.0. The Labute approximate surface area is 122 Å². The minimum atomic E-state index is -0.642. The minimum absolute atomic E-state index is 0.136. The van der Waals surface area contributed by atoms with Gasteiger partial charge in [0.25, 0.3) is 5.56 Å². The first-order chi connectivity index (χ1) is 10.0. The molecule has 3 rings (SSSR count). The largest absolute Gasteiger partial charge is 0.327 e. The van der Waals surface area contributed by atoms with E-state index in [-0.39, 0.29) is 22.4 Å². The van der Waals surface area contributed by atoms with Crippen LogP contribution in [-0.4, -0.2) is 20.7 Å². The van der Waals surface area contributed by atoms with Gasteiger partial charge in [0.2, 0.25) is 0 Å². The molecule has 0 aliphatic carbocycles. The van der Waals surface area contributed by atoms with Gasteiger partial charge in [-0.1, -0.05) is 11.6 Å². The van der Waals surface area contributed by atoms with Crippen molar-refractivity contribution in [2.75, 3.05) is 0 Å². The molecule has 0 fully saturated rings. The molecule has 2 heterocycles. The van der Waals surface area contributed by atoms with Crippen LogP contribution in [0, 0.1) is 0 Å². The lowest BCUT2D eigenvalue weighted by Gasteiger charge is -2.02. The summed E-state index contributed by atoms with van der Waals surface area (Å²) in [7, 11) is 0. The van der Waals surface area contributed by atoms with Crippen LogP contribution in [0.5, 0.6) is 0 Å². The van der Waals surface area contributed by atoms with Crippen LogP contribution in [0.1, 0.15) is 15.9 Å². The maximum atomic E-state index is 12.3. The van der Waals surface area contributed by atoms with Gasteiger partial charge in [-0.3, -0.25) is 19.6 Å². The van der Waals surface area contributed by atoms with Gasteiger partial charge in [-0.25, -0.2) is 9.78 Å². The zero-order valence-electron chi connectivity index (χ0n) is 10.5. The fourth-order valence-electron chi connectivity index (χ4n) is 1.94. The third-order valence-corrected chi connectivity index (χ3v) is 3.21. The molecule has 0 amide bonds. The Bertz CT molecular complexity index is 958. The summed E-state index contributed by atoms with van der Waals surface area (Å²) < 4.78 is 0. The van der Waals surface area contributed by atoms with Crippen LogP contribution in [-0.2, 0) is 0 Å². The van der Waals surface area contributed by atoms with Crippen molar-refractivity contribution in [2.24, 2.45) is 0 Å². The molecule has 0 bridgehead atoms. The van der Waals surface area contributed by atoms with Gasteiger partial charge in [-0.05, 0) is 30.3 Å². The van der Waals surface area contributed by atoms with Crippen molar-refractivity contribution >= 4 is 28.4 Å². The molecule has 0 aliphatic rings. The average molecular weight is 302 g/mol. The lowest BCUT2D eigenvalue weighted by molar-refractivity contribution is 0.103. The van der Waals surface area contributed by atoms with E-state index in [2.05, 4.69) is 15.0 Å². The topological polar surface area (TPSA) is 95.7 Å². The molecule has 1 aromatic carbocycles. The van der Waals surface area contributed by atoms with Crippen LogP contribution in [0.4, 0.5) is 0 Å². The third kappa shape index (κ3) is 2.48. The molecule has 0 saturated carbocycles. The first-order valence-corrected chi connectivity index (χ1v) is 6.35. The van der Waals surface area contributed by atoms with Gasteiger partial charge in [0.15, 0.2) is 5.78 Å². The fraction of sp³-hybridized carbons (Fsp3) is 0. The first-order valence-electron chi connectivity index (χ1n) is 5.97. The number of carbonyl (C=O) groups excluding carboxylic acids is 1. The Morgan fingerprint density at radius 1 is 1.05 bits per heavy atom. The zero-order valence-corrected chi connectivity index (χ0v) is 11.3. The van der Waals surface area contributed by atoms with Crippen LogP contribution in [0.15, 0.2) is 46.1 Å². The third-order valence-electron chi connectivity index (χ3n) is 2.96. The van der Waals surface area contributed by atoms with E-state index < -0.39 is 11.2 Å². The van der Waals surface area contributed by atoms with Crippen LogP contribution in [0.2, 0.25) is 5.02 Å². The molecule has 0 unspecified atom stereocenters. The average Bonchev–Trinajstić information content (AvgIpc) is 2.47. The standard InChI is InChI=1S/C14H8ClN3O3/c15-9-3-1-7(2-4-9)11(19)8-5-10-12(16-6-8)17-14(21)18-13(10)20/h1-6H,(H2,16,17,18,20,21). The summed E-state index contributed by atoms with van der Waals surface area (Å²) in [5, 5.41) is 0.673. The molecule has 2 aromatic heterocycles. The number of H-pyrrole nitrogens is 2. The number of aromatic amines is 2. The number of hydrogen-bond donors (Lipinski definition) is 2. The fourth-order valence-corrected chi connectivity index (χ4v) is 2.06. The number of ketones is 1. The Kier molecular flexibility index (Phi) is 3.15. The Hall–Kier alpha value is -2.73. The first kappa shape index (κ1) is 13.3. The molecule has 0 aliphatic heterocycles. The molecule has 2 N–H and O–H groups in total. The molecule has 21 heavy (non-hydrogen) atoms. The molecular formula is C14H8ClN3O3. The van der Waals surface area contributed by atoms with Gasteiger partial charge in [0, 0.05) is 22.3 Å². The van der Waals surface area contributed by atoms with Crippen molar-refractivity contribution in [2.45, 2.75) is 0 Å². The second kappa shape index (κ2) is 4.99. The SMILES string of the molecule is O=C(c1ccc(Cl)cc1)c1cnc2[nH]c(=O)[nH]c(=O)c2c1. The highest BCUT2D eigenvalue weighted by molar-refractivity contribution is 6.30. The number of carbonyl (C=O) groups is 1. The van der Waals surface area contributed by atoms with E-state index in [1.807, 2.05) is 0 Å². The van der Waals surface area contributed by atoms with E-state index in [1.54, 1.807) is 24.3 Å². The van der Waals surface area contributed by atoms with Crippen LogP contribution < -0.4 is 11.2 Å². The summed E-state index contributed by atoms with van der Waals surface area (Å²) in [6, 6.07) is 7.78. The smallest absolute Gasteiger partial charge is 0.291 e. The van der Waals surface area contributed by atoms with E-state index in [0.29, 0.717) is 10.6 Å².